The maximum absolute atomic E-state index is 8.83. The lowest BCUT2D eigenvalue weighted by Gasteiger charge is -2.27. The highest BCUT2D eigenvalue weighted by molar-refractivity contribution is 5.42. The van der Waals surface area contributed by atoms with Crippen LogP contribution in [0.5, 0.6) is 0 Å². The Hall–Kier alpha value is -2.50. The summed E-state index contributed by atoms with van der Waals surface area (Å²) < 4.78 is 7.38. The molecular formula is C15H19N7O. The maximum Gasteiger partial charge on any atom is 0.176 e. The molecule has 2 aromatic heterocycles. The van der Waals surface area contributed by atoms with Gasteiger partial charge in [-0.3, -0.25) is 0 Å². The average Bonchev–Trinajstić information content (AvgIpc) is 2.96. The van der Waals surface area contributed by atoms with Gasteiger partial charge in [0.1, 0.15) is 24.3 Å². The predicted octanol–water partition coefficient (Wildman–Crippen LogP) is 0.429. The molecule has 23 heavy (non-hydrogen) atoms. The molecule has 0 saturated carbocycles. The van der Waals surface area contributed by atoms with Crippen molar-refractivity contribution < 1.29 is 4.74 Å². The molecule has 0 bridgehead atoms. The first-order valence-electron chi connectivity index (χ1n) is 7.52. The fourth-order valence-electron chi connectivity index (χ4n) is 2.42. The first-order valence-corrected chi connectivity index (χ1v) is 7.52. The number of aromatic nitrogens is 4. The molecule has 8 nitrogen and oxygen atoms in total. The molecule has 2 N–H and O–H groups in total. The van der Waals surface area contributed by atoms with E-state index in [0.29, 0.717) is 31.1 Å². The van der Waals surface area contributed by atoms with Crippen molar-refractivity contribution in [3.63, 3.8) is 0 Å². The Kier molecular flexibility index (Phi) is 4.50. The lowest BCUT2D eigenvalue weighted by Crippen LogP contribution is -2.34. The van der Waals surface area contributed by atoms with E-state index in [2.05, 4.69) is 26.0 Å². The molecular weight excluding hydrogens is 294 g/mol. The van der Waals surface area contributed by atoms with Crippen molar-refractivity contribution in [3.8, 4) is 6.07 Å². The van der Waals surface area contributed by atoms with Gasteiger partial charge < -0.3 is 15.4 Å². The number of nitrogens with two attached hydrogens (primary N) is 1. The minimum absolute atomic E-state index is 0.00480. The molecule has 120 valence electrons. The largest absolute Gasteiger partial charge is 0.372 e. The number of nitriles is 1. The number of ether oxygens (including phenoxy) is 1. The highest BCUT2D eigenvalue weighted by Gasteiger charge is 2.20. The molecule has 0 fully saturated rings. The SMILES string of the molecule is C[C@H](N)COCc1nc2n(n1)CCN(c1ccc(C#N)cn1)C2. The van der Waals surface area contributed by atoms with Gasteiger partial charge in [0.25, 0.3) is 0 Å². The van der Waals surface area contributed by atoms with Crippen molar-refractivity contribution in [2.45, 2.75) is 32.7 Å². The third-order valence-electron chi connectivity index (χ3n) is 3.52. The van der Waals surface area contributed by atoms with E-state index in [1.54, 1.807) is 12.3 Å². The van der Waals surface area contributed by atoms with Gasteiger partial charge in [-0.1, -0.05) is 0 Å². The van der Waals surface area contributed by atoms with Crippen LogP contribution in [0, 0.1) is 11.3 Å². The van der Waals surface area contributed by atoms with Crippen LogP contribution in [0.3, 0.4) is 0 Å². The molecule has 0 aliphatic carbocycles. The Morgan fingerprint density at radius 3 is 3.00 bits per heavy atom. The van der Waals surface area contributed by atoms with Crippen molar-refractivity contribution in [1.82, 2.24) is 19.7 Å². The Morgan fingerprint density at radius 1 is 1.43 bits per heavy atom. The highest BCUT2D eigenvalue weighted by Crippen LogP contribution is 2.18. The number of anilines is 1. The van der Waals surface area contributed by atoms with Crippen LogP contribution in [0.15, 0.2) is 18.3 Å². The van der Waals surface area contributed by atoms with Gasteiger partial charge in [-0.2, -0.15) is 10.4 Å². The fourth-order valence-corrected chi connectivity index (χ4v) is 2.42. The van der Waals surface area contributed by atoms with Crippen LogP contribution in [-0.4, -0.2) is 38.9 Å². The van der Waals surface area contributed by atoms with E-state index in [1.165, 1.54) is 0 Å². The third kappa shape index (κ3) is 3.64. The number of nitrogens with zero attached hydrogens (tertiary/aromatic N) is 6. The van der Waals surface area contributed by atoms with E-state index >= 15 is 0 Å². The first kappa shape index (κ1) is 15.4. The van der Waals surface area contributed by atoms with Crippen LogP contribution in [0.1, 0.15) is 24.1 Å². The number of rotatable bonds is 5. The summed E-state index contributed by atoms with van der Waals surface area (Å²) in [7, 11) is 0. The van der Waals surface area contributed by atoms with Crippen molar-refractivity contribution in [1.29, 1.82) is 5.26 Å². The Labute approximate surface area is 134 Å². The predicted molar refractivity (Wildman–Crippen MR) is 83.3 cm³/mol. The van der Waals surface area contributed by atoms with Gasteiger partial charge in [-0.25, -0.2) is 14.6 Å². The van der Waals surface area contributed by atoms with Gasteiger partial charge in [-0.05, 0) is 19.1 Å². The van der Waals surface area contributed by atoms with Crippen LogP contribution in [0.2, 0.25) is 0 Å². The molecule has 0 saturated heterocycles. The molecule has 2 aromatic rings. The summed E-state index contributed by atoms with van der Waals surface area (Å²) in [6, 6.07) is 5.71. The number of hydrogen-bond acceptors (Lipinski definition) is 7. The minimum atomic E-state index is 0.00480. The smallest absolute Gasteiger partial charge is 0.176 e. The molecule has 0 radical (unpaired) electrons. The molecule has 1 aliphatic heterocycles. The molecule has 0 unspecified atom stereocenters. The first-order chi connectivity index (χ1) is 11.2. The molecule has 3 rings (SSSR count). The Morgan fingerprint density at radius 2 is 2.30 bits per heavy atom. The summed E-state index contributed by atoms with van der Waals surface area (Å²) in [5.41, 5.74) is 6.21. The molecule has 8 heteroatoms. The van der Waals surface area contributed by atoms with Crippen LogP contribution in [0.4, 0.5) is 5.82 Å². The highest BCUT2D eigenvalue weighted by atomic mass is 16.5. The van der Waals surface area contributed by atoms with E-state index in [1.807, 2.05) is 17.7 Å². The van der Waals surface area contributed by atoms with Crippen LogP contribution < -0.4 is 10.6 Å². The van der Waals surface area contributed by atoms with Crippen molar-refractivity contribution in [3.05, 3.63) is 35.5 Å². The lowest BCUT2D eigenvalue weighted by molar-refractivity contribution is 0.106. The van der Waals surface area contributed by atoms with Crippen LogP contribution >= 0.6 is 0 Å². The second-order valence-corrected chi connectivity index (χ2v) is 5.60. The molecule has 1 atom stereocenters. The van der Waals surface area contributed by atoms with Crippen LogP contribution in [0.25, 0.3) is 0 Å². The fraction of sp³-hybridized carbons (Fsp3) is 0.467. The van der Waals surface area contributed by atoms with Crippen molar-refractivity contribution in [2.24, 2.45) is 5.73 Å². The molecule has 0 aromatic carbocycles. The summed E-state index contributed by atoms with van der Waals surface area (Å²) in [5.74, 6) is 2.41. The Bertz CT molecular complexity index is 702. The van der Waals surface area contributed by atoms with Crippen LogP contribution in [-0.2, 0) is 24.4 Å². The quantitative estimate of drug-likeness (QED) is 0.853. The zero-order valence-corrected chi connectivity index (χ0v) is 13.0. The number of hydrogen-bond donors (Lipinski definition) is 1. The summed E-state index contributed by atoms with van der Waals surface area (Å²) in [4.78, 5) is 11.0. The van der Waals surface area contributed by atoms with Gasteiger partial charge in [0.15, 0.2) is 5.82 Å². The summed E-state index contributed by atoms with van der Waals surface area (Å²) >= 11 is 0. The van der Waals surface area contributed by atoms with E-state index in [4.69, 9.17) is 15.7 Å². The van der Waals surface area contributed by atoms with Crippen molar-refractivity contribution >= 4 is 5.82 Å². The number of pyridine rings is 1. The summed E-state index contributed by atoms with van der Waals surface area (Å²) in [5, 5.41) is 13.3. The zero-order valence-electron chi connectivity index (χ0n) is 13.0. The lowest BCUT2D eigenvalue weighted by atomic mass is 10.3. The molecule has 0 amide bonds. The monoisotopic (exact) mass is 313 g/mol. The van der Waals surface area contributed by atoms with Gasteiger partial charge in [-0.15, -0.1) is 0 Å². The minimum Gasteiger partial charge on any atom is -0.372 e. The molecule has 0 spiro atoms. The van der Waals surface area contributed by atoms with E-state index < -0.39 is 0 Å². The summed E-state index contributed by atoms with van der Waals surface area (Å²) in [6.07, 6.45) is 1.59. The molecule has 3 heterocycles. The van der Waals surface area contributed by atoms with E-state index in [9.17, 15) is 0 Å². The van der Waals surface area contributed by atoms with Gasteiger partial charge in [0, 0.05) is 18.8 Å². The van der Waals surface area contributed by atoms with Gasteiger partial charge in [0.05, 0.1) is 25.3 Å². The topological polar surface area (TPSA) is 106 Å². The zero-order chi connectivity index (χ0) is 16.2. The second-order valence-electron chi connectivity index (χ2n) is 5.60. The van der Waals surface area contributed by atoms with E-state index in [-0.39, 0.29) is 6.04 Å². The van der Waals surface area contributed by atoms with Gasteiger partial charge in [0.2, 0.25) is 0 Å². The van der Waals surface area contributed by atoms with Gasteiger partial charge >= 0.3 is 0 Å². The third-order valence-corrected chi connectivity index (χ3v) is 3.52. The number of fused-ring (bicyclic) bond motifs is 1. The Balaban J connectivity index is 1.65. The van der Waals surface area contributed by atoms with Crippen molar-refractivity contribution in [2.75, 3.05) is 18.1 Å². The maximum atomic E-state index is 8.83. The van der Waals surface area contributed by atoms with E-state index in [0.717, 1.165) is 24.7 Å². The second kappa shape index (κ2) is 6.73. The molecule has 1 aliphatic rings. The average molecular weight is 313 g/mol. The normalized spacial score (nSPS) is 15.1. The summed E-state index contributed by atoms with van der Waals surface area (Å²) in [6.45, 7) is 4.95. The standard InChI is InChI=1S/C15H19N7O/c1-11(17)9-23-10-13-19-15-8-21(4-5-22(15)20-13)14-3-2-12(6-16)7-18-14/h2-3,7,11H,4-5,8-10,17H2,1H3/t11-/m0/s1.